The Kier molecular flexibility index (Phi) is 5.04. The molecule has 3 aromatic rings. The summed E-state index contributed by atoms with van der Waals surface area (Å²) >= 11 is 12.1. The Labute approximate surface area is 155 Å². The predicted octanol–water partition coefficient (Wildman–Crippen LogP) is 5.69. The van der Waals surface area contributed by atoms with E-state index in [-0.39, 0.29) is 5.57 Å². The van der Waals surface area contributed by atoms with Crippen molar-refractivity contribution in [2.75, 3.05) is 5.32 Å². The van der Waals surface area contributed by atoms with Crippen LogP contribution in [0.4, 0.5) is 5.69 Å². The van der Waals surface area contributed by atoms with Gasteiger partial charge in [-0.25, -0.2) is 0 Å². The van der Waals surface area contributed by atoms with Crippen LogP contribution in [-0.2, 0) is 4.79 Å². The van der Waals surface area contributed by atoms with E-state index in [0.717, 1.165) is 10.8 Å². The molecule has 1 amide bonds. The molecule has 0 atom stereocenters. The molecule has 3 nitrogen and oxygen atoms in total. The molecule has 3 aromatic carbocycles. The van der Waals surface area contributed by atoms with E-state index in [1.807, 2.05) is 42.5 Å². The topological polar surface area (TPSA) is 52.9 Å². The molecule has 3 rings (SSSR count). The van der Waals surface area contributed by atoms with Crippen molar-refractivity contribution in [3.05, 3.63) is 81.8 Å². The maximum atomic E-state index is 12.5. The highest BCUT2D eigenvalue weighted by atomic mass is 35.5. The number of hydrogen-bond acceptors (Lipinski definition) is 2. The molecule has 0 unspecified atom stereocenters. The highest BCUT2D eigenvalue weighted by molar-refractivity contribution is 6.43. The van der Waals surface area contributed by atoms with Crippen molar-refractivity contribution < 1.29 is 4.79 Å². The Morgan fingerprint density at radius 2 is 1.72 bits per heavy atom. The number of hydrogen-bond donors (Lipinski definition) is 1. The fraction of sp³-hybridized carbons (Fsp3) is 0. The lowest BCUT2D eigenvalue weighted by Crippen LogP contribution is -2.13. The van der Waals surface area contributed by atoms with Gasteiger partial charge >= 0.3 is 0 Å². The van der Waals surface area contributed by atoms with E-state index in [0.29, 0.717) is 21.3 Å². The van der Waals surface area contributed by atoms with E-state index in [4.69, 9.17) is 23.2 Å². The number of carbonyl (C=O) groups is 1. The van der Waals surface area contributed by atoms with Gasteiger partial charge in [-0.2, -0.15) is 5.26 Å². The molecule has 0 radical (unpaired) electrons. The third-order valence-electron chi connectivity index (χ3n) is 3.68. The van der Waals surface area contributed by atoms with Crippen LogP contribution in [0.2, 0.25) is 10.0 Å². The number of rotatable bonds is 3. The zero-order valence-corrected chi connectivity index (χ0v) is 14.5. The van der Waals surface area contributed by atoms with Crippen LogP contribution in [0, 0.1) is 11.3 Å². The zero-order valence-electron chi connectivity index (χ0n) is 13.0. The quantitative estimate of drug-likeness (QED) is 0.477. The van der Waals surface area contributed by atoms with Crippen molar-refractivity contribution in [2.45, 2.75) is 0 Å². The summed E-state index contributed by atoms with van der Waals surface area (Å²) in [6.45, 7) is 0. The van der Waals surface area contributed by atoms with Gasteiger partial charge in [-0.1, -0.05) is 71.7 Å². The first-order valence-corrected chi connectivity index (χ1v) is 8.20. The van der Waals surface area contributed by atoms with Gasteiger partial charge in [-0.15, -0.1) is 0 Å². The van der Waals surface area contributed by atoms with Gasteiger partial charge in [0.15, 0.2) is 0 Å². The van der Waals surface area contributed by atoms with Crippen LogP contribution in [0.1, 0.15) is 5.56 Å². The third-order valence-corrected chi connectivity index (χ3v) is 4.52. The molecule has 1 N–H and O–H groups in total. The van der Waals surface area contributed by atoms with Crippen LogP contribution in [0.15, 0.2) is 66.2 Å². The van der Waals surface area contributed by atoms with Gasteiger partial charge in [0.2, 0.25) is 0 Å². The molecule has 0 aliphatic heterocycles. The molecule has 0 bridgehead atoms. The van der Waals surface area contributed by atoms with Crippen molar-refractivity contribution in [3.63, 3.8) is 0 Å². The van der Waals surface area contributed by atoms with Gasteiger partial charge in [-0.3, -0.25) is 4.79 Å². The van der Waals surface area contributed by atoms with E-state index in [2.05, 4.69) is 5.32 Å². The molecule has 0 fully saturated rings. The lowest BCUT2D eigenvalue weighted by molar-refractivity contribution is -0.112. The van der Waals surface area contributed by atoms with Crippen LogP contribution in [0.5, 0.6) is 0 Å². The smallest absolute Gasteiger partial charge is 0.266 e. The third kappa shape index (κ3) is 3.66. The summed E-state index contributed by atoms with van der Waals surface area (Å²) in [4.78, 5) is 12.5. The van der Waals surface area contributed by atoms with Gasteiger partial charge in [0.05, 0.1) is 10.0 Å². The average Bonchev–Trinajstić information content (AvgIpc) is 2.63. The van der Waals surface area contributed by atoms with E-state index >= 15 is 0 Å². The largest absolute Gasteiger partial charge is 0.321 e. The SMILES string of the molecule is N#C/C(=C\c1cccc(Cl)c1Cl)C(=O)Nc1cccc2ccccc12. The summed E-state index contributed by atoms with van der Waals surface area (Å²) in [5.41, 5.74) is 1.09. The van der Waals surface area contributed by atoms with E-state index < -0.39 is 5.91 Å². The number of amides is 1. The summed E-state index contributed by atoms with van der Waals surface area (Å²) in [6, 6.07) is 20.2. The number of nitriles is 1. The van der Waals surface area contributed by atoms with Crippen molar-refractivity contribution in [1.82, 2.24) is 0 Å². The lowest BCUT2D eigenvalue weighted by atomic mass is 10.1. The first-order chi connectivity index (χ1) is 12.1. The van der Waals surface area contributed by atoms with Crippen LogP contribution < -0.4 is 5.32 Å². The van der Waals surface area contributed by atoms with E-state index in [1.165, 1.54) is 6.08 Å². The van der Waals surface area contributed by atoms with Gasteiger partial charge in [-0.05, 0) is 29.2 Å². The Morgan fingerprint density at radius 1 is 1.00 bits per heavy atom. The predicted molar refractivity (Wildman–Crippen MR) is 103 cm³/mol. The normalized spacial score (nSPS) is 11.2. The van der Waals surface area contributed by atoms with Crippen LogP contribution in [0.3, 0.4) is 0 Å². The minimum Gasteiger partial charge on any atom is -0.321 e. The fourth-order valence-corrected chi connectivity index (χ4v) is 2.82. The summed E-state index contributed by atoms with van der Waals surface area (Å²) in [5.74, 6) is -0.505. The van der Waals surface area contributed by atoms with Crippen LogP contribution >= 0.6 is 23.2 Å². The minimum atomic E-state index is -0.505. The van der Waals surface area contributed by atoms with Crippen LogP contribution in [0.25, 0.3) is 16.8 Å². The molecule has 0 aromatic heterocycles. The average molecular weight is 367 g/mol. The number of halogens is 2. The van der Waals surface area contributed by atoms with Gasteiger partial charge in [0.1, 0.15) is 11.6 Å². The zero-order chi connectivity index (χ0) is 17.8. The number of anilines is 1. The first kappa shape index (κ1) is 17.0. The molecule has 0 saturated carbocycles. The van der Waals surface area contributed by atoms with Crippen molar-refractivity contribution in [1.29, 1.82) is 5.26 Å². The molecular formula is C20H12Cl2N2O. The molecule has 0 spiro atoms. The standard InChI is InChI=1S/C20H12Cl2N2O/c21-17-9-3-7-14(19(17)22)11-15(12-23)20(25)24-18-10-4-6-13-5-1-2-8-16(13)18/h1-11H,(H,24,25)/b15-11+. The van der Waals surface area contributed by atoms with Gasteiger partial charge in [0, 0.05) is 11.1 Å². The number of fused-ring (bicyclic) bond motifs is 1. The summed E-state index contributed by atoms with van der Waals surface area (Å²) < 4.78 is 0. The molecule has 0 heterocycles. The van der Waals surface area contributed by atoms with E-state index in [1.54, 1.807) is 24.3 Å². The van der Waals surface area contributed by atoms with Crippen molar-refractivity contribution in [2.24, 2.45) is 0 Å². The molecule has 122 valence electrons. The Morgan fingerprint density at radius 3 is 2.52 bits per heavy atom. The Bertz CT molecular complexity index is 1030. The maximum Gasteiger partial charge on any atom is 0.266 e. The Balaban J connectivity index is 1.94. The molecule has 5 heteroatoms. The second-order valence-corrected chi connectivity index (χ2v) is 6.08. The monoisotopic (exact) mass is 366 g/mol. The fourth-order valence-electron chi connectivity index (χ4n) is 2.46. The first-order valence-electron chi connectivity index (χ1n) is 7.45. The number of nitrogens with one attached hydrogen (secondary N) is 1. The molecule has 0 aliphatic carbocycles. The summed E-state index contributed by atoms with van der Waals surface area (Å²) in [7, 11) is 0. The number of carbonyl (C=O) groups excluding carboxylic acids is 1. The van der Waals surface area contributed by atoms with Crippen LogP contribution in [-0.4, -0.2) is 5.91 Å². The second-order valence-electron chi connectivity index (χ2n) is 5.29. The highest BCUT2D eigenvalue weighted by Crippen LogP contribution is 2.28. The highest BCUT2D eigenvalue weighted by Gasteiger charge is 2.12. The molecule has 25 heavy (non-hydrogen) atoms. The molecule has 0 aliphatic rings. The summed E-state index contributed by atoms with van der Waals surface area (Å²) in [5, 5.41) is 14.7. The second kappa shape index (κ2) is 7.40. The minimum absolute atomic E-state index is 0.0582. The van der Waals surface area contributed by atoms with E-state index in [9.17, 15) is 10.1 Å². The summed E-state index contributed by atoms with van der Waals surface area (Å²) in [6.07, 6.45) is 1.43. The van der Waals surface area contributed by atoms with Crippen molar-refractivity contribution in [3.8, 4) is 6.07 Å². The van der Waals surface area contributed by atoms with Gasteiger partial charge in [0.25, 0.3) is 5.91 Å². The molecule has 0 saturated heterocycles. The number of benzene rings is 3. The molecular weight excluding hydrogens is 355 g/mol. The Hall–Kier alpha value is -2.80. The maximum absolute atomic E-state index is 12.5. The lowest BCUT2D eigenvalue weighted by Gasteiger charge is -2.08. The van der Waals surface area contributed by atoms with Gasteiger partial charge < -0.3 is 5.32 Å². The number of nitrogens with zero attached hydrogens (tertiary/aromatic N) is 1. The van der Waals surface area contributed by atoms with Crippen molar-refractivity contribution >= 4 is 51.6 Å².